The van der Waals surface area contributed by atoms with Crippen molar-refractivity contribution in [3.8, 4) is 0 Å². The van der Waals surface area contributed by atoms with Gasteiger partial charge in [-0.05, 0) is 37.0 Å². The zero-order valence-corrected chi connectivity index (χ0v) is 15.1. The highest BCUT2D eigenvalue weighted by molar-refractivity contribution is 5.86. The van der Waals surface area contributed by atoms with Crippen LogP contribution in [0.15, 0.2) is 54.7 Å². The molecule has 0 unspecified atom stereocenters. The third kappa shape index (κ3) is 4.84. The quantitative estimate of drug-likeness (QED) is 0.634. The van der Waals surface area contributed by atoms with Crippen LogP contribution in [0.25, 0.3) is 10.9 Å². The molecule has 1 aromatic heterocycles. The second-order valence-corrected chi connectivity index (χ2v) is 6.20. The van der Waals surface area contributed by atoms with Gasteiger partial charge in [-0.1, -0.05) is 48.0 Å². The van der Waals surface area contributed by atoms with E-state index in [0.29, 0.717) is 13.0 Å². The van der Waals surface area contributed by atoms with E-state index in [9.17, 15) is 4.79 Å². The Kier molecular flexibility index (Phi) is 6.62. The molecule has 0 saturated carbocycles. The van der Waals surface area contributed by atoms with Gasteiger partial charge in [-0.3, -0.25) is 4.79 Å². The first-order valence-electron chi connectivity index (χ1n) is 8.27. The molecule has 0 bridgehead atoms. The summed E-state index contributed by atoms with van der Waals surface area (Å²) < 4.78 is 0. The normalized spacial score (nSPS) is 11.8. The summed E-state index contributed by atoms with van der Waals surface area (Å²) in [6.07, 6.45) is 3.28. The van der Waals surface area contributed by atoms with E-state index < -0.39 is 6.04 Å². The first-order chi connectivity index (χ1) is 11.6. The number of carbonyl (C=O) groups is 1. The van der Waals surface area contributed by atoms with Gasteiger partial charge in [-0.15, -0.1) is 12.4 Å². The minimum Gasteiger partial charge on any atom is -0.361 e. The molecule has 132 valence electrons. The number of H-pyrrole nitrogens is 1. The van der Waals surface area contributed by atoms with E-state index in [1.807, 2.05) is 36.5 Å². The Morgan fingerprint density at radius 1 is 1.20 bits per heavy atom. The van der Waals surface area contributed by atoms with Gasteiger partial charge in [-0.25, -0.2) is 0 Å². The van der Waals surface area contributed by atoms with Gasteiger partial charge in [0.05, 0.1) is 6.04 Å². The lowest BCUT2D eigenvalue weighted by atomic mass is 10.0. The molecule has 4 nitrogen and oxygen atoms in total. The van der Waals surface area contributed by atoms with E-state index in [4.69, 9.17) is 5.73 Å². The van der Waals surface area contributed by atoms with Crippen LogP contribution in [0.3, 0.4) is 0 Å². The van der Waals surface area contributed by atoms with Crippen LogP contribution in [0.2, 0.25) is 0 Å². The first-order valence-corrected chi connectivity index (χ1v) is 8.27. The second kappa shape index (κ2) is 8.70. The minimum absolute atomic E-state index is 0. The zero-order chi connectivity index (χ0) is 16.9. The Morgan fingerprint density at radius 3 is 2.80 bits per heavy atom. The summed E-state index contributed by atoms with van der Waals surface area (Å²) in [5, 5.41) is 4.06. The van der Waals surface area contributed by atoms with E-state index in [-0.39, 0.29) is 18.3 Å². The Labute approximate surface area is 154 Å². The molecule has 0 fully saturated rings. The van der Waals surface area contributed by atoms with Gasteiger partial charge in [0.1, 0.15) is 0 Å². The van der Waals surface area contributed by atoms with Crippen molar-refractivity contribution in [3.05, 3.63) is 71.4 Å². The van der Waals surface area contributed by atoms with E-state index >= 15 is 0 Å². The summed E-state index contributed by atoms with van der Waals surface area (Å²) in [6.45, 7) is 2.67. The fraction of sp³-hybridized carbons (Fsp3) is 0.250. The summed E-state index contributed by atoms with van der Waals surface area (Å²) in [5.74, 6) is -0.104. The first kappa shape index (κ1) is 19.0. The van der Waals surface area contributed by atoms with Crippen LogP contribution >= 0.6 is 12.4 Å². The number of aromatic nitrogens is 1. The van der Waals surface area contributed by atoms with Crippen molar-refractivity contribution in [2.75, 3.05) is 6.54 Å². The lowest BCUT2D eigenvalue weighted by Crippen LogP contribution is -2.42. The standard InChI is InChI=1S/C20H23N3O.ClH/c1-14-5-4-6-15(11-14)9-10-22-20(24)18(21)12-16-13-23-19-8-3-2-7-17(16)19;/h2-8,11,13,18,23H,9-10,12,21H2,1H3,(H,22,24);1H/t18-;/m0./s1. The number of rotatable bonds is 6. The van der Waals surface area contributed by atoms with Crippen LogP contribution in [0.4, 0.5) is 0 Å². The molecule has 2 aromatic carbocycles. The van der Waals surface area contributed by atoms with Crippen molar-refractivity contribution in [2.24, 2.45) is 5.73 Å². The smallest absolute Gasteiger partial charge is 0.237 e. The monoisotopic (exact) mass is 357 g/mol. The molecule has 25 heavy (non-hydrogen) atoms. The minimum atomic E-state index is -0.540. The molecule has 0 radical (unpaired) electrons. The molecule has 1 amide bonds. The van der Waals surface area contributed by atoms with Crippen molar-refractivity contribution >= 4 is 29.2 Å². The molecular formula is C20H24ClN3O. The number of fused-ring (bicyclic) bond motifs is 1. The maximum absolute atomic E-state index is 12.2. The summed E-state index contributed by atoms with van der Waals surface area (Å²) in [5.41, 5.74) is 10.7. The van der Waals surface area contributed by atoms with Crippen LogP contribution in [-0.2, 0) is 17.6 Å². The maximum Gasteiger partial charge on any atom is 0.237 e. The molecule has 4 N–H and O–H groups in total. The van der Waals surface area contributed by atoms with Gasteiger partial charge in [0.15, 0.2) is 0 Å². The molecule has 1 heterocycles. The third-order valence-corrected chi connectivity index (χ3v) is 4.25. The molecule has 0 saturated heterocycles. The largest absolute Gasteiger partial charge is 0.361 e. The fourth-order valence-electron chi connectivity index (χ4n) is 2.96. The predicted molar refractivity (Wildman–Crippen MR) is 105 cm³/mol. The molecule has 0 aliphatic carbocycles. The SMILES string of the molecule is Cc1cccc(CCNC(=O)[C@@H](N)Cc2c[nH]c3ccccc23)c1.Cl. The number of nitrogens with two attached hydrogens (primary N) is 1. The lowest BCUT2D eigenvalue weighted by Gasteiger charge is -2.12. The van der Waals surface area contributed by atoms with Crippen molar-refractivity contribution in [2.45, 2.75) is 25.8 Å². The summed E-state index contributed by atoms with van der Waals surface area (Å²) in [7, 11) is 0. The van der Waals surface area contributed by atoms with Crippen LogP contribution in [0, 0.1) is 6.92 Å². The van der Waals surface area contributed by atoms with Crippen molar-refractivity contribution in [3.63, 3.8) is 0 Å². The number of para-hydroxylation sites is 1. The Hall–Kier alpha value is -2.30. The number of amides is 1. The number of aromatic amines is 1. The summed E-state index contributed by atoms with van der Waals surface area (Å²) in [4.78, 5) is 15.4. The molecule has 5 heteroatoms. The van der Waals surface area contributed by atoms with Crippen LogP contribution < -0.4 is 11.1 Å². The highest BCUT2D eigenvalue weighted by Crippen LogP contribution is 2.18. The number of hydrogen-bond acceptors (Lipinski definition) is 2. The van der Waals surface area contributed by atoms with E-state index in [1.54, 1.807) is 0 Å². The molecule has 3 rings (SSSR count). The summed E-state index contributed by atoms with van der Waals surface area (Å²) >= 11 is 0. The number of benzene rings is 2. The van der Waals surface area contributed by atoms with E-state index in [2.05, 4.69) is 35.4 Å². The third-order valence-electron chi connectivity index (χ3n) is 4.25. The number of hydrogen-bond donors (Lipinski definition) is 3. The average molecular weight is 358 g/mol. The Bertz CT molecular complexity index is 844. The van der Waals surface area contributed by atoms with E-state index in [0.717, 1.165) is 22.9 Å². The second-order valence-electron chi connectivity index (χ2n) is 6.20. The predicted octanol–water partition coefficient (Wildman–Crippen LogP) is 3.13. The molecule has 3 aromatic rings. The average Bonchev–Trinajstić information content (AvgIpc) is 2.98. The molecular weight excluding hydrogens is 334 g/mol. The van der Waals surface area contributed by atoms with Gasteiger partial charge < -0.3 is 16.0 Å². The number of nitrogens with one attached hydrogen (secondary N) is 2. The number of carbonyl (C=O) groups excluding carboxylic acids is 1. The fourth-order valence-corrected chi connectivity index (χ4v) is 2.96. The van der Waals surface area contributed by atoms with Crippen molar-refractivity contribution in [1.82, 2.24) is 10.3 Å². The number of aryl methyl sites for hydroxylation is 1. The van der Waals surface area contributed by atoms with Crippen molar-refractivity contribution < 1.29 is 4.79 Å². The number of halogens is 1. The van der Waals surface area contributed by atoms with Crippen LogP contribution in [-0.4, -0.2) is 23.5 Å². The van der Waals surface area contributed by atoms with E-state index in [1.165, 1.54) is 11.1 Å². The topological polar surface area (TPSA) is 70.9 Å². The van der Waals surface area contributed by atoms with Crippen molar-refractivity contribution in [1.29, 1.82) is 0 Å². The van der Waals surface area contributed by atoms with Gasteiger partial charge in [0.2, 0.25) is 5.91 Å². The van der Waals surface area contributed by atoms with Crippen LogP contribution in [0.5, 0.6) is 0 Å². The Morgan fingerprint density at radius 2 is 2.00 bits per heavy atom. The Balaban J connectivity index is 0.00000225. The molecule has 1 atom stereocenters. The molecule has 0 aliphatic heterocycles. The van der Waals surface area contributed by atoms with Crippen LogP contribution in [0.1, 0.15) is 16.7 Å². The lowest BCUT2D eigenvalue weighted by molar-refractivity contribution is -0.122. The molecule has 0 spiro atoms. The van der Waals surface area contributed by atoms with Gasteiger partial charge in [0, 0.05) is 23.6 Å². The van der Waals surface area contributed by atoms with Gasteiger partial charge >= 0.3 is 0 Å². The summed E-state index contributed by atoms with van der Waals surface area (Å²) in [6, 6.07) is 15.8. The highest BCUT2D eigenvalue weighted by atomic mass is 35.5. The maximum atomic E-state index is 12.2. The molecule has 0 aliphatic rings. The highest BCUT2D eigenvalue weighted by Gasteiger charge is 2.15. The van der Waals surface area contributed by atoms with Gasteiger partial charge in [-0.2, -0.15) is 0 Å². The zero-order valence-electron chi connectivity index (χ0n) is 14.3. The van der Waals surface area contributed by atoms with Gasteiger partial charge in [0.25, 0.3) is 0 Å².